The van der Waals surface area contributed by atoms with Gasteiger partial charge in [-0.2, -0.15) is 0 Å². The Labute approximate surface area is 356 Å². The van der Waals surface area contributed by atoms with E-state index in [0.29, 0.717) is 0 Å². The molecular weight excluding hydrogens is 739 g/mol. The van der Waals surface area contributed by atoms with Crippen LogP contribution in [-0.2, 0) is 18.3 Å². The summed E-state index contributed by atoms with van der Waals surface area (Å²) in [5.74, 6) is 0. The van der Waals surface area contributed by atoms with Crippen LogP contribution in [0.1, 0.15) is 46.2 Å². The number of hydrogen-bond donors (Lipinski definition) is 0. The molecule has 10 aromatic rings. The van der Waals surface area contributed by atoms with Crippen LogP contribution >= 0.6 is 0 Å². The quantitative estimate of drug-likeness (QED) is 0.173. The minimum atomic E-state index is -0.476. The van der Waals surface area contributed by atoms with Crippen LogP contribution in [0.5, 0.6) is 0 Å². The minimum absolute atomic E-state index is 0.476. The van der Waals surface area contributed by atoms with Crippen molar-refractivity contribution in [1.82, 2.24) is 0 Å². The van der Waals surface area contributed by atoms with E-state index in [1.54, 1.807) is 0 Å². The summed E-state index contributed by atoms with van der Waals surface area (Å²) in [5.41, 5.74) is 23.3. The van der Waals surface area contributed by atoms with Crippen LogP contribution in [0.15, 0.2) is 205 Å². The molecule has 1 spiro atoms. The Hall–Kier alpha value is -7.42. The number of nitrogens with zero attached hydrogens (tertiary/aromatic N) is 1. The summed E-state index contributed by atoms with van der Waals surface area (Å²) < 4.78 is 6.43. The zero-order chi connectivity index (χ0) is 40.1. The normalized spacial score (nSPS) is 14.1. The van der Waals surface area contributed by atoms with Crippen LogP contribution in [0.3, 0.4) is 0 Å². The van der Waals surface area contributed by atoms with Crippen molar-refractivity contribution in [3.8, 4) is 44.5 Å². The lowest BCUT2D eigenvalue weighted by Crippen LogP contribution is -2.26. The van der Waals surface area contributed by atoms with Crippen molar-refractivity contribution in [2.75, 3.05) is 4.90 Å². The molecule has 1 heterocycles. The van der Waals surface area contributed by atoms with Crippen molar-refractivity contribution in [2.24, 2.45) is 0 Å². The molecule has 13 rings (SSSR count). The number of rotatable bonds is 5. The molecule has 3 aliphatic rings. The summed E-state index contributed by atoms with van der Waals surface area (Å²) in [6, 6.07) is 74.6. The molecule has 2 nitrogen and oxygen atoms in total. The van der Waals surface area contributed by atoms with Gasteiger partial charge in [-0.05, 0) is 147 Å². The van der Waals surface area contributed by atoms with Crippen molar-refractivity contribution in [3.63, 3.8) is 0 Å². The van der Waals surface area contributed by atoms with Crippen LogP contribution in [-0.4, -0.2) is 0 Å². The molecule has 0 aliphatic heterocycles. The molecule has 9 aromatic carbocycles. The van der Waals surface area contributed by atoms with Gasteiger partial charge in [-0.25, -0.2) is 0 Å². The first-order valence-electron chi connectivity index (χ1n) is 21.7. The van der Waals surface area contributed by atoms with E-state index < -0.39 is 5.41 Å². The van der Waals surface area contributed by atoms with Crippen LogP contribution in [0.2, 0.25) is 0 Å². The van der Waals surface area contributed by atoms with E-state index in [1.165, 1.54) is 96.4 Å². The standard InChI is InChI=1S/C59H41NO/c1-2-15-38(16-3-1)39-29-31-41(32-30-39)60(42-33-34-58-51(35-42)48-23-9-13-28-57(48)61-58)56-37-55-49(36-50(56)44-24-14-18-40-17-4-5-19-43(40)44)47-22-8-12-27-54(47)59(55)52-25-10-6-20-45(52)46-21-7-11-26-53(46)59/h1-3,6-16,18,20-37H,4-5,17,19H2. The number of para-hydroxylation sites is 1. The summed E-state index contributed by atoms with van der Waals surface area (Å²) in [5, 5.41) is 2.24. The number of anilines is 3. The highest BCUT2D eigenvalue weighted by molar-refractivity contribution is 6.07. The van der Waals surface area contributed by atoms with Crippen LogP contribution in [0.25, 0.3) is 66.4 Å². The Morgan fingerprint density at radius 3 is 1.72 bits per heavy atom. The first-order valence-corrected chi connectivity index (χ1v) is 21.7. The van der Waals surface area contributed by atoms with E-state index in [4.69, 9.17) is 4.42 Å². The predicted molar refractivity (Wildman–Crippen MR) is 252 cm³/mol. The summed E-state index contributed by atoms with van der Waals surface area (Å²) in [4.78, 5) is 2.53. The summed E-state index contributed by atoms with van der Waals surface area (Å²) in [7, 11) is 0. The monoisotopic (exact) mass is 779 g/mol. The first kappa shape index (κ1) is 34.4. The summed E-state index contributed by atoms with van der Waals surface area (Å²) >= 11 is 0. The van der Waals surface area contributed by atoms with Gasteiger partial charge in [-0.3, -0.25) is 0 Å². The Balaban J connectivity index is 1.15. The van der Waals surface area contributed by atoms with Crippen molar-refractivity contribution >= 4 is 39.0 Å². The molecule has 288 valence electrons. The van der Waals surface area contributed by atoms with E-state index in [1.807, 2.05) is 0 Å². The molecule has 0 saturated heterocycles. The fourth-order valence-corrected chi connectivity index (χ4v) is 11.3. The highest BCUT2D eigenvalue weighted by Crippen LogP contribution is 2.64. The fraction of sp³-hybridized carbons (Fsp3) is 0.0847. The molecule has 2 heteroatoms. The lowest BCUT2D eigenvalue weighted by atomic mass is 9.70. The number of aryl methyl sites for hydroxylation is 1. The Morgan fingerprint density at radius 2 is 0.967 bits per heavy atom. The third-order valence-electron chi connectivity index (χ3n) is 13.9. The fourth-order valence-electron chi connectivity index (χ4n) is 11.3. The summed E-state index contributed by atoms with van der Waals surface area (Å²) in [6.07, 6.45) is 4.65. The Bertz CT molecular complexity index is 3330. The van der Waals surface area contributed by atoms with Gasteiger partial charge in [0.2, 0.25) is 0 Å². The second-order valence-corrected chi connectivity index (χ2v) is 17.0. The van der Waals surface area contributed by atoms with Crippen LogP contribution < -0.4 is 4.90 Å². The maximum absolute atomic E-state index is 6.43. The molecule has 61 heavy (non-hydrogen) atoms. The summed E-state index contributed by atoms with van der Waals surface area (Å²) in [6.45, 7) is 0. The number of hydrogen-bond acceptors (Lipinski definition) is 2. The van der Waals surface area contributed by atoms with E-state index >= 15 is 0 Å². The van der Waals surface area contributed by atoms with E-state index in [0.717, 1.165) is 46.2 Å². The van der Waals surface area contributed by atoms with E-state index in [-0.39, 0.29) is 0 Å². The number of benzene rings is 9. The van der Waals surface area contributed by atoms with Crippen molar-refractivity contribution in [2.45, 2.75) is 31.1 Å². The molecule has 3 aliphatic carbocycles. The minimum Gasteiger partial charge on any atom is -0.456 e. The molecule has 0 unspecified atom stereocenters. The van der Waals surface area contributed by atoms with Gasteiger partial charge in [0.25, 0.3) is 0 Å². The lowest BCUT2D eigenvalue weighted by molar-refractivity contribution is 0.669. The topological polar surface area (TPSA) is 16.4 Å². The zero-order valence-electron chi connectivity index (χ0n) is 33.7. The molecule has 0 N–H and O–H groups in total. The van der Waals surface area contributed by atoms with E-state index in [9.17, 15) is 0 Å². The van der Waals surface area contributed by atoms with Gasteiger partial charge >= 0.3 is 0 Å². The lowest BCUT2D eigenvalue weighted by Gasteiger charge is -2.34. The molecule has 1 aromatic heterocycles. The molecule has 0 atom stereocenters. The number of furan rings is 1. The van der Waals surface area contributed by atoms with Gasteiger partial charge in [-0.15, -0.1) is 0 Å². The average Bonchev–Trinajstić information content (AvgIpc) is 3.95. The molecule has 0 bridgehead atoms. The molecule has 0 radical (unpaired) electrons. The van der Waals surface area contributed by atoms with Gasteiger partial charge in [0, 0.05) is 27.7 Å². The zero-order valence-corrected chi connectivity index (χ0v) is 33.7. The predicted octanol–water partition coefficient (Wildman–Crippen LogP) is 15.6. The first-order chi connectivity index (χ1) is 30.3. The maximum atomic E-state index is 6.43. The Kier molecular flexibility index (Phi) is 7.51. The molecule has 0 fully saturated rings. The average molecular weight is 780 g/mol. The van der Waals surface area contributed by atoms with E-state index in [2.05, 4.69) is 205 Å². The van der Waals surface area contributed by atoms with Crippen molar-refractivity contribution < 1.29 is 4.42 Å². The highest BCUT2D eigenvalue weighted by Gasteiger charge is 2.52. The van der Waals surface area contributed by atoms with Crippen molar-refractivity contribution in [3.05, 3.63) is 234 Å². The molecule has 0 saturated carbocycles. The largest absolute Gasteiger partial charge is 0.456 e. The SMILES string of the molecule is c1ccc(-c2ccc(N(c3ccc4oc5ccccc5c4c3)c3cc4c(cc3-c3cccc5c3CCCC5)-c3ccccc3C43c4ccccc4-c4ccccc43)cc2)cc1. The van der Waals surface area contributed by atoms with Gasteiger partial charge in [-0.1, -0.05) is 152 Å². The highest BCUT2D eigenvalue weighted by atomic mass is 16.3. The smallest absolute Gasteiger partial charge is 0.135 e. The van der Waals surface area contributed by atoms with Gasteiger partial charge in [0.1, 0.15) is 11.2 Å². The molecule has 0 amide bonds. The van der Waals surface area contributed by atoms with Crippen LogP contribution in [0, 0.1) is 0 Å². The third-order valence-corrected chi connectivity index (χ3v) is 13.9. The Morgan fingerprint density at radius 1 is 0.377 bits per heavy atom. The van der Waals surface area contributed by atoms with Crippen molar-refractivity contribution in [1.29, 1.82) is 0 Å². The van der Waals surface area contributed by atoms with Gasteiger partial charge < -0.3 is 9.32 Å². The maximum Gasteiger partial charge on any atom is 0.135 e. The second kappa shape index (κ2) is 13.3. The number of fused-ring (bicyclic) bond motifs is 14. The van der Waals surface area contributed by atoms with Crippen LogP contribution in [0.4, 0.5) is 17.1 Å². The second-order valence-electron chi connectivity index (χ2n) is 17.0. The van der Waals surface area contributed by atoms with Gasteiger partial charge in [0.15, 0.2) is 0 Å². The molecular formula is C59H41NO. The van der Waals surface area contributed by atoms with Gasteiger partial charge in [0.05, 0.1) is 11.1 Å². The third kappa shape index (κ3) is 4.97.